The predicted octanol–water partition coefficient (Wildman–Crippen LogP) is 2.42. The summed E-state index contributed by atoms with van der Waals surface area (Å²) in [6.07, 6.45) is 1.54. The summed E-state index contributed by atoms with van der Waals surface area (Å²) in [7, 11) is 0. The van der Waals surface area contributed by atoms with Gasteiger partial charge < -0.3 is 5.32 Å². The second-order valence-electron chi connectivity index (χ2n) is 3.64. The van der Waals surface area contributed by atoms with Crippen LogP contribution in [0.2, 0.25) is 0 Å². The van der Waals surface area contributed by atoms with E-state index < -0.39 is 11.6 Å². The van der Waals surface area contributed by atoms with E-state index in [2.05, 4.69) is 31.6 Å². The van der Waals surface area contributed by atoms with Crippen LogP contribution in [0.1, 0.15) is 12.6 Å². The number of halogens is 3. The zero-order valence-electron chi connectivity index (χ0n) is 9.62. The number of rotatable bonds is 4. The van der Waals surface area contributed by atoms with Gasteiger partial charge in [-0.1, -0.05) is 12.1 Å². The Bertz CT molecular complexity index is 533. The predicted molar refractivity (Wildman–Crippen MR) is 66.4 cm³/mol. The van der Waals surface area contributed by atoms with Crippen molar-refractivity contribution in [3.8, 4) is 5.69 Å². The molecule has 18 heavy (non-hydrogen) atoms. The van der Waals surface area contributed by atoms with Crippen molar-refractivity contribution in [3.63, 3.8) is 0 Å². The molecule has 0 saturated heterocycles. The summed E-state index contributed by atoms with van der Waals surface area (Å²) in [6, 6.07) is 2.01. The molecular weight excluding hydrogens is 306 g/mol. The van der Waals surface area contributed by atoms with Gasteiger partial charge in [0, 0.05) is 17.1 Å². The standard InChI is InChI=1S/C11H11BrF2N4/c1-2-15-5-8-6-16-17-18(8)11-9(12)3-7(13)4-10(11)14/h3-4,6,15H,2,5H2,1H3. The first-order valence-electron chi connectivity index (χ1n) is 5.38. The van der Waals surface area contributed by atoms with Crippen LogP contribution in [-0.2, 0) is 6.54 Å². The fraction of sp³-hybridized carbons (Fsp3) is 0.273. The van der Waals surface area contributed by atoms with Crippen molar-refractivity contribution in [2.75, 3.05) is 6.54 Å². The summed E-state index contributed by atoms with van der Waals surface area (Å²) in [5, 5.41) is 10.7. The minimum absolute atomic E-state index is 0.154. The van der Waals surface area contributed by atoms with Crippen molar-refractivity contribution in [2.45, 2.75) is 13.5 Å². The second kappa shape index (κ2) is 5.53. The fourth-order valence-electron chi connectivity index (χ4n) is 1.56. The molecule has 7 heteroatoms. The van der Waals surface area contributed by atoms with E-state index in [9.17, 15) is 8.78 Å². The number of nitrogens with one attached hydrogen (secondary N) is 1. The Morgan fingerprint density at radius 1 is 1.39 bits per heavy atom. The molecule has 0 bridgehead atoms. The molecule has 1 heterocycles. The molecule has 0 saturated carbocycles. The summed E-state index contributed by atoms with van der Waals surface area (Å²) in [6.45, 7) is 3.24. The number of hydrogen-bond donors (Lipinski definition) is 1. The highest BCUT2D eigenvalue weighted by atomic mass is 79.9. The van der Waals surface area contributed by atoms with Gasteiger partial charge in [-0.3, -0.25) is 0 Å². The van der Waals surface area contributed by atoms with Gasteiger partial charge in [-0.25, -0.2) is 13.5 Å². The lowest BCUT2D eigenvalue weighted by atomic mass is 10.3. The van der Waals surface area contributed by atoms with Crippen molar-refractivity contribution in [1.29, 1.82) is 0 Å². The minimum Gasteiger partial charge on any atom is -0.311 e. The summed E-state index contributed by atoms with van der Waals surface area (Å²) < 4.78 is 28.5. The van der Waals surface area contributed by atoms with Crippen molar-refractivity contribution in [3.05, 3.63) is 40.1 Å². The summed E-state index contributed by atoms with van der Waals surface area (Å²) >= 11 is 3.13. The summed E-state index contributed by atoms with van der Waals surface area (Å²) in [5.74, 6) is -1.33. The topological polar surface area (TPSA) is 42.7 Å². The number of hydrogen-bond acceptors (Lipinski definition) is 3. The monoisotopic (exact) mass is 316 g/mol. The maximum Gasteiger partial charge on any atom is 0.153 e. The van der Waals surface area contributed by atoms with Crippen LogP contribution in [0, 0.1) is 11.6 Å². The Balaban J connectivity index is 2.46. The molecule has 4 nitrogen and oxygen atoms in total. The lowest BCUT2D eigenvalue weighted by molar-refractivity contribution is 0.564. The van der Waals surface area contributed by atoms with E-state index in [0.29, 0.717) is 16.7 Å². The van der Waals surface area contributed by atoms with Crippen LogP contribution in [0.15, 0.2) is 22.8 Å². The third-order valence-electron chi connectivity index (χ3n) is 2.37. The van der Waals surface area contributed by atoms with Gasteiger partial charge in [0.1, 0.15) is 11.5 Å². The maximum atomic E-state index is 13.8. The van der Waals surface area contributed by atoms with Crippen molar-refractivity contribution in [2.24, 2.45) is 0 Å². The zero-order valence-corrected chi connectivity index (χ0v) is 11.2. The van der Waals surface area contributed by atoms with Crippen molar-refractivity contribution >= 4 is 15.9 Å². The number of nitrogens with zero attached hydrogens (tertiary/aromatic N) is 3. The van der Waals surface area contributed by atoms with Crippen molar-refractivity contribution < 1.29 is 8.78 Å². The average molecular weight is 317 g/mol. The van der Waals surface area contributed by atoms with E-state index in [0.717, 1.165) is 12.6 Å². The number of benzene rings is 1. The van der Waals surface area contributed by atoms with Crippen LogP contribution >= 0.6 is 15.9 Å². The van der Waals surface area contributed by atoms with E-state index in [4.69, 9.17) is 0 Å². The number of aromatic nitrogens is 3. The normalized spacial score (nSPS) is 10.9. The van der Waals surface area contributed by atoms with Gasteiger partial charge in [0.05, 0.1) is 11.9 Å². The van der Waals surface area contributed by atoms with Gasteiger partial charge in [0.2, 0.25) is 0 Å². The first-order chi connectivity index (χ1) is 8.63. The van der Waals surface area contributed by atoms with Gasteiger partial charge in [0.15, 0.2) is 5.82 Å². The minimum atomic E-state index is -0.690. The Morgan fingerprint density at radius 3 is 2.83 bits per heavy atom. The molecule has 2 aromatic rings. The van der Waals surface area contributed by atoms with Gasteiger partial charge in [-0.05, 0) is 28.5 Å². The highest BCUT2D eigenvalue weighted by Gasteiger charge is 2.15. The Hall–Kier alpha value is -1.34. The van der Waals surface area contributed by atoms with Gasteiger partial charge in [-0.2, -0.15) is 0 Å². The molecule has 0 aliphatic heterocycles. The van der Waals surface area contributed by atoms with E-state index >= 15 is 0 Å². The molecule has 0 unspecified atom stereocenters. The van der Waals surface area contributed by atoms with Crippen LogP contribution in [0.4, 0.5) is 8.78 Å². The maximum absolute atomic E-state index is 13.8. The Kier molecular flexibility index (Phi) is 4.03. The molecular formula is C11H11BrF2N4. The molecule has 0 aliphatic carbocycles. The molecule has 1 aromatic carbocycles. The fourth-order valence-corrected chi connectivity index (χ4v) is 2.13. The van der Waals surface area contributed by atoms with E-state index in [1.54, 1.807) is 0 Å². The molecule has 0 atom stereocenters. The lowest BCUT2D eigenvalue weighted by Gasteiger charge is -2.09. The first kappa shape index (κ1) is 13.1. The highest BCUT2D eigenvalue weighted by molar-refractivity contribution is 9.10. The molecule has 0 fully saturated rings. The second-order valence-corrected chi connectivity index (χ2v) is 4.49. The highest BCUT2D eigenvalue weighted by Crippen LogP contribution is 2.25. The molecule has 0 radical (unpaired) electrons. The van der Waals surface area contributed by atoms with E-state index in [-0.39, 0.29) is 5.69 Å². The summed E-state index contributed by atoms with van der Waals surface area (Å²) in [5.41, 5.74) is 0.852. The molecule has 0 spiro atoms. The summed E-state index contributed by atoms with van der Waals surface area (Å²) in [4.78, 5) is 0. The van der Waals surface area contributed by atoms with E-state index in [1.165, 1.54) is 16.9 Å². The van der Waals surface area contributed by atoms with E-state index in [1.807, 2.05) is 6.92 Å². The van der Waals surface area contributed by atoms with Gasteiger partial charge in [-0.15, -0.1) is 5.10 Å². The van der Waals surface area contributed by atoms with Gasteiger partial charge in [0.25, 0.3) is 0 Å². The first-order valence-corrected chi connectivity index (χ1v) is 6.18. The van der Waals surface area contributed by atoms with Crippen molar-refractivity contribution in [1.82, 2.24) is 20.3 Å². The molecule has 0 aliphatic rings. The Morgan fingerprint density at radius 2 is 2.17 bits per heavy atom. The molecule has 0 amide bonds. The largest absolute Gasteiger partial charge is 0.311 e. The van der Waals surface area contributed by atoms with Crippen LogP contribution < -0.4 is 5.32 Å². The Labute approximate surface area is 111 Å². The van der Waals surface area contributed by atoms with Crippen LogP contribution in [0.3, 0.4) is 0 Å². The molecule has 96 valence electrons. The van der Waals surface area contributed by atoms with Gasteiger partial charge >= 0.3 is 0 Å². The van der Waals surface area contributed by atoms with Crippen LogP contribution in [0.25, 0.3) is 5.69 Å². The third-order valence-corrected chi connectivity index (χ3v) is 2.97. The zero-order chi connectivity index (χ0) is 13.1. The molecule has 2 rings (SSSR count). The smallest absolute Gasteiger partial charge is 0.153 e. The third kappa shape index (κ3) is 2.56. The lowest BCUT2D eigenvalue weighted by Crippen LogP contribution is -2.16. The van der Waals surface area contributed by atoms with Crippen LogP contribution in [0.5, 0.6) is 0 Å². The molecule has 1 N–H and O–H groups in total. The van der Waals surface area contributed by atoms with Crippen LogP contribution in [-0.4, -0.2) is 21.5 Å². The average Bonchev–Trinajstić information content (AvgIpc) is 2.73. The quantitative estimate of drug-likeness (QED) is 0.942. The SMILES string of the molecule is CCNCc1cnnn1-c1c(F)cc(F)cc1Br. The molecule has 1 aromatic heterocycles.